The first-order valence-corrected chi connectivity index (χ1v) is 12.0. The molecule has 1 N–H and O–H groups in total. The van der Waals surface area contributed by atoms with Crippen molar-refractivity contribution in [3.8, 4) is 11.5 Å². The minimum Gasteiger partial charge on any atom is -0.421 e. The number of aromatic nitrogens is 2. The van der Waals surface area contributed by atoms with E-state index in [0.29, 0.717) is 36.7 Å². The Kier molecular flexibility index (Phi) is 6.18. The van der Waals surface area contributed by atoms with Gasteiger partial charge in [0.2, 0.25) is 17.7 Å². The van der Waals surface area contributed by atoms with Gasteiger partial charge in [0.15, 0.2) is 9.84 Å². The molecule has 0 spiro atoms. The number of hydrogen-bond donors (Lipinski definition) is 1. The van der Waals surface area contributed by atoms with Crippen LogP contribution in [0.2, 0.25) is 0 Å². The number of carbonyl (C=O) groups excluding carboxylic acids is 1. The van der Waals surface area contributed by atoms with E-state index in [-0.39, 0.29) is 22.5 Å². The summed E-state index contributed by atoms with van der Waals surface area (Å²) in [5.74, 6) is 0.550. The maximum Gasteiger partial charge on any atom is 0.247 e. The molecule has 0 radical (unpaired) electrons. The first kappa shape index (κ1) is 21.2. The molecule has 1 aromatic heterocycles. The topological polar surface area (TPSA) is 102 Å². The Morgan fingerprint density at radius 1 is 1.10 bits per heavy atom. The minimum atomic E-state index is -3.36. The molecule has 1 amide bonds. The van der Waals surface area contributed by atoms with Crippen LogP contribution >= 0.6 is 0 Å². The highest BCUT2D eigenvalue weighted by molar-refractivity contribution is 7.92. The molecule has 2 aromatic carbocycles. The van der Waals surface area contributed by atoms with Gasteiger partial charge in [-0.1, -0.05) is 36.6 Å². The van der Waals surface area contributed by atoms with Crippen molar-refractivity contribution in [2.45, 2.75) is 55.6 Å². The maximum absolute atomic E-state index is 12.8. The molecular formula is C23H25N3O4S. The molecule has 31 heavy (non-hydrogen) atoms. The molecule has 1 saturated carbocycles. The quantitative estimate of drug-likeness (QED) is 0.588. The Bertz CT molecular complexity index is 1160. The molecule has 0 saturated heterocycles. The average Bonchev–Trinajstić information content (AvgIpc) is 3.46. The van der Waals surface area contributed by atoms with Crippen LogP contribution in [0.4, 0.5) is 5.69 Å². The van der Waals surface area contributed by atoms with E-state index in [0.717, 1.165) is 24.0 Å². The standard InChI is InChI=1S/C23H25N3O4S/c1-16-9-11-17(12-10-16)23-26-25-22(30-23)14-13-21(27)24-18-5-4-8-20(15-18)31(28,29)19-6-2-3-7-19/h4-5,8-12,15,19H,2-3,6-7,13-14H2,1H3,(H,24,27). The monoisotopic (exact) mass is 439 g/mol. The number of hydrogen-bond acceptors (Lipinski definition) is 6. The smallest absolute Gasteiger partial charge is 0.247 e. The summed E-state index contributed by atoms with van der Waals surface area (Å²) in [4.78, 5) is 12.6. The van der Waals surface area contributed by atoms with Gasteiger partial charge in [-0.25, -0.2) is 8.42 Å². The summed E-state index contributed by atoms with van der Waals surface area (Å²) in [5, 5.41) is 10.5. The number of nitrogens with zero attached hydrogens (tertiary/aromatic N) is 2. The van der Waals surface area contributed by atoms with Crippen LogP contribution in [0, 0.1) is 6.92 Å². The van der Waals surface area contributed by atoms with Gasteiger partial charge < -0.3 is 9.73 Å². The van der Waals surface area contributed by atoms with Gasteiger partial charge in [-0.3, -0.25) is 4.79 Å². The lowest BCUT2D eigenvalue weighted by atomic mass is 10.1. The van der Waals surface area contributed by atoms with Gasteiger partial charge in [-0.15, -0.1) is 10.2 Å². The largest absolute Gasteiger partial charge is 0.421 e. The molecule has 1 aliphatic carbocycles. The molecule has 0 atom stereocenters. The van der Waals surface area contributed by atoms with E-state index in [9.17, 15) is 13.2 Å². The molecule has 3 aromatic rings. The van der Waals surface area contributed by atoms with Crippen molar-refractivity contribution in [1.82, 2.24) is 10.2 Å². The maximum atomic E-state index is 12.8. The highest BCUT2D eigenvalue weighted by Gasteiger charge is 2.30. The van der Waals surface area contributed by atoms with E-state index in [4.69, 9.17) is 4.42 Å². The first-order chi connectivity index (χ1) is 14.9. The van der Waals surface area contributed by atoms with Crippen molar-refractivity contribution in [2.75, 3.05) is 5.32 Å². The Labute approximate surface area is 181 Å². The molecule has 1 aliphatic rings. The Balaban J connectivity index is 1.36. The van der Waals surface area contributed by atoms with Gasteiger partial charge in [0, 0.05) is 24.1 Å². The summed E-state index contributed by atoms with van der Waals surface area (Å²) in [5.41, 5.74) is 2.43. The van der Waals surface area contributed by atoms with Gasteiger partial charge in [-0.2, -0.15) is 0 Å². The van der Waals surface area contributed by atoms with E-state index >= 15 is 0 Å². The molecular weight excluding hydrogens is 414 g/mol. The minimum absolute atomic E-state index is 0.148. The van der Waals surface area contributed by atoms with E-state index in [1.54, 1.807) is 18.2 Å². The van der Waals surface area contributed by atoms with Crippen molar-refractivity contribution >= 4 is 21.4 Å². The second-order valence-corrected chi connectivity index (χ2v) is 10.1. The summed E-state index contributed by atoms with van der Waals surface area (Å²) >= 11 is 0. The highest BCUT2D eigenvalue weighted by Crippen LogP contribution is 2.30. The molecule has 162 valence electrons. The van der Waals surface area contributed by atoms with Gasteiger partial charge in [-0.05, 0) is 50.1 Å². The Morgan fingerprint density at radius 2 is 1.84 bits per heavy atom. The molecule has 4 rings (SSSR count). The number of sulfone groups is 1. The molecule has 7 nitrogen and oxygen atoms in total. The summed E-state index contributed by atoms with van der Waals surface area (Å²) in [6.07, 6.45) is 3.74. The second kappa shape index (κ2) is 9.01. The molecule has 1 fully saturated rings. The molecule has 1 heterocycles. The van der Waals surface area contributed by atoms with Crippen molar-refractivity contribution in [2.24, 2.45) is 0 Å². The number of anilines is 1. The van der Waals surface area contributed by atoms with Gasteiger partial charge in [0.05, 0.1) is 10.1 Å². The van der Waals surface area contributed by atoms with Crippen LogP contribution in [0.3, 0.4) is 0 Å². The SMILES string of the molecule is Cc1ccc(-c2nnc(CCC(=O)Nc3cccc(S(=O)(=O)C4CCCC4)c3)o2)cc1. The molecule has 0 aliphatic heterocycles. The average molecular weight is 440 g/mol. The summed E-state index contributed by atoms with van der Waals surface area (Å²) in [7, 11) is -3.36. The third-order valence-electron chi connectivity index (χ3n) is 5.52. The van der Waals surface area contributed by atoms with Crippen molar-refractivity contribution in [3.05, 3.63) is 60.0 Å². The van der Waals surface area contributed by atoms with E-state index < -0.39 is 9.84 Å². The fourth-order valence-corrected chi connectivity index (χ4v) is 5.65. The number of benzene rings is 2. The normalized spacial score (nSPS) is 14.6. The van der Waals surface area contributed by atoms with Crippen molar-refractivity contribution in [3.63, 3.8) is 0 Å². The van der Waals surface area contributed by atoms with Gasteiger partial charge in [0.25, 0.3) is 0 Å². The summed E-state index contributed by atoms with van der Waals surface area (Å²) in [6.45, 7) is 2.00. The zero-order valence-corrected chi connectivity index (χ0v) is 18.2. The second-order valence-electron chi connectivity index (χ2n) is 7.89. The van der Waals surface area contributed by atoms with Gasteiger partial charge >= 0.3 is 0 Å². The molecule has 0 unspecified atom stereocenters. The summed E-state index contributed by atoms with van der Waals surface area (Å²) < 4.78 is 31.2. The van der Waals surface area contributed by atoms with Crippen LogP contribution in [0.15, 0.2) is 57.8 Å². The first-order valence-electron chi connectivity index (χ1n) is 10.4. The van der Waals surface area contributed by atoms with E-state index in [2.05, 4.69) is 15.5 Å². The number of aryl methyl sites for hydroxylation is 2. The fourth-order valence-electron chi connectivity index (χ4n) is 3.75. The van der Waals surface area contributed by atoms with Crippen molar-refractivity contribution < 1.29 is 17.6 Å². The van der Waals surface area contributed by atoms with E-state index in [1.807, 2.05) is 31.2 Å². The van der Waals surface area contributed by atoms with Crippen LogP contribution in [-0.4, -0.2) is 29.8 Å². The number of amides is 1. The fraction of sp³-hybridized carbons (Fsp3) is 0.348. The highest BCUT2D eigenvalue weighted by atomic mass is 32.2. The van der Waals surface area contributed by atoms with Crippen LogP contribution in [0.1, 0.15) is 43.6 Å². The zero-order chi connectivity index (χ0) is 21.8. The zero-order valence-electron chi connectivity index (χ0n) is 17.4. The van der Waals surface area contributed by atoms with Crippen LogP contribution < -0.4 is 5.32 Å². The Hall–Kier alpha value is -3.00. The van der Waals surface area contributed by atoms with E-state index in [1.165, 1.54) is 6.07 Å². The lowest BCUT2D eigenvalue weighted by molar-refractivity contribution is -0.116. The molecule has 0 bridgehead atoms. The number of rotatable bonds is 7. The summed E-state index contributed by atoms with van der Waals surface area (Å²) in [6, 6.07) is 14.2. The number of carbonyl (C=O) groups is 1. The van der Waals surface area contributed by atoms with Crippen LogP contribution in [0.5, 0.6) is 0 Å². The third-order valence-corrected chi connectivity index (χ3v) is 7.78. The van der Waals surface area contributed by atoms with Crippen molar-refractivity contribution in [1.29, 1.82) is 0 Å². The van der Waals surface area contributed by atoms with Crippen LogP contribution in [-0.2, 0) is 21.1 Å². The lowest BCUT2D eigenvalue weighted by Crippen LogP contribution is -2.18. The Morgan fingerprint density at radius 3 is 2.58 bits per heavy atom. The van der Waals surface area contributed by atoms with Gasteiger partial charge in [0.1, 0.15) is 0 Å². The lowest BCUT2D eigenvalue weighted by Gasteiger charge is -2.12. The predicted molar refractivity (Wildman–Crippen MR) is 117 cm³/mol. The molecule has 8 heteroatoms. The van der Waals surface area contributed by atoms with Crippen LogP contribution in [0.25, 0.3) is 11.5 Å². The number of nitrogens with one attached hydrogen (secondary N) is 1. The third kappa shape index (κ3) is 5.02. The predicted octanol–water partition coefficient (Wildman–Crippen LogP) is 4.33.